The Balaban J connectivity index is 1.94. The molecular weight excluding hydrogens is 801 g/mol. The van der Waals surface area contributed by atoms with Crippen LogP contribution in [0.5, 0.6) is 23.0 Å². The van der Waals surface area contributed by atoms with Crippen LogP contribution < -0.4 is 9.47 Å². The van der Waals surface area contributed by atoms with Gasteiger partial charge >= 0.3 is 11.9 Å². The van der Waals surface area contributed by atoms with Crippen LogP contribution in [0.2, 0.25) is 0 Å². The molecule has 0 spiro atoms. The molecule has 1 aliphatic carbocycles. The van der Waals surface area contributed by atoms with Crippen molar-refractivity contribution >= 4 is 11.9 Å². The van der Waals surface area contributed by atoms with Gasteiger partial charge in [0.1, 0.15) is 34.2 Å². The normalized spacial score (nSPS) is 13.9. The molecule has 0 fully saturated rings. The molecule has 0 amide bonds. The van der Waals surface area contributed by atoms with Gasteiger partial charge in [-0.25, -0.2) is 9.59 Å². The number of ether oxygens (including phenoxy) is 4. The molecule has 0 aliphatic heterocycles. The van der Waals surface area contributed by atoms with Gasteiger partial charge in [-0.1, -0.05) is 132 Å². The van der Waals surface area contributed by atoms with E-state index >= 15 is 0 Å². The fourth-order valence-corrected chi connectivity index (χ4v) is 8.02. The Morgan fingerprint density at radius 2 is 0.594 bits per heavy atom. The number of hydrogen-bond acceptors (Lipinski definition) is 8. The van der Waals surface area contributed by atoms with Crippen molar-refractivity contribution in [1.29, 1.82) is 0 Å². The third-order valence-corrected chi connectivity index (χ3v) is 11.5. The second kappa shape index (κ2) is 17.8. The summed E-state index contributed by atoms with van der Waals surface area (Å²) < 4.78 is 24.8. The third kappa shape index (κ3) is 12.6. The van der Waals surface area contributed by atoms with Crippen LogP contribution in [0.4, 0.5) is 0 Å². The number of aromatic hydroxyl groups is 2. The van der Waals surface area contributed by atoms with Crippen molar-refractivity contribution in [3.63, 3.8) is 0 Å². The summed E-state index contributed by atoms with van der Waals surface area (Å²) in [6, 6.07) is 16.8. The molecule has 64 heavy (non-hydrogen) atoms. The van der Waals surface area contributed by atoms with Gasteiger partial charge in [0, 0.05) is 25.7 Å². The number of carbonyl (C=O) groups is 2. The highest BCUT2D eigenvalue weighted by Crippen LogP contribution is 2.44. The molecule has 0 atom stereocenters. The van der Waals surface area contributed by atoms with Gasteiger partial charge in [-0.15, -0.1) is 0 Å². The molecule has 0 saturated heterocycles. The smallest absolute Gasteiger partial charge is 0.344 e. The van der Waals surface area contributed by atoms with Gasteiger partial charge in [-0.3, -0.25) is 0 Å². The number of phenolic OH excluding ortho intramolecular Hbond substituents is 2. The minimum absolute atomic E-state index is 0.154. The summed E-state index contributed by atoms with van der Waals surface area (Å²) in [5.41, 5.74) is 7.65. The fourth-order valence-electron chi connectivity index (χ4n) is 8.02. The standard InChI is InChI=1S/C56H76O8/c1-51(2,3)41-23-33-19-34-24-42(52(4,5)6)26-36(48(34)60)21-38-28-44(54(10,11)12)30-40(50(38)62-32-46(58)64-56(16,17)18)22-39-29-43(53(7,8)9)27-37(20-35(25-41)47(33)59)49(39)61-31-45(57)63-55(13,14)15/h23-30,59-60H,19-22,31-32H2,1-18H3. The highest BCUT2D eigenvalue weighted by atomic mass is 16.6. The monoisotopic (exact) mass is 877 g/mol. The predicted octanol–water partition coefficient (Wildman–Crippen LogP) is 12.4. The zero-order valence-electron chi connectivity index (χ0n) is 42.2. The van der Waals surface area contributed by atoms with Crippen molar-refractivity contribution in [1.82, 2.24) is 0 Å². The molecular formula is C56H76O8. The molecule has 0 saturated carbocycles. The van der Waals surface area contributed by atoms with Crippen LogP contribution >= 0.6 is 0 Å². The van der Waals surface area contributed by atoms with Crippen LogP contribution in [0.15, 0.2) is 48.5 Å². The predicted molar refractivity (Wildman–Crippen MR) is 258 cm³/mol. The molecule has 0 aromatic heterocycles. The first-order valence-corrected chi connectivity index (χ1v) is 22.8. The summed E-state index contributed by atoms with van der Waals surface area (Å²) in [6.07, 6.45) is 1.16. The van der Waals surface area contributed by atoms with E-state index in [0.717, 1.165) is 44.5 Å². The summed E-state index contributed by atoms with van der Waals surface area (Å²) >= 11 is 0. The van der Waals surface area contributed by atoms with Crippen LogP contribution in [0.1, 0.15) is 191 Å². The lowest BCUT2D eigenvalue weighted by Gasteiger charge is -2.28. The first kappa shape index (κ1) is 50.0. The van der Waals surface area contributed by atoms with Gasteiger partial charge in [0.2, 0.25) is 0 Å². The van der Waals surface area contributed by atoms with Crippen molar-refractivity contribution < 1.29 is 38.7 Å². The Bertz CT molecular complexity index is 2230. The molecule has 0 unspecified atom stereocenters. The quantitative estimate of drug-likeness (QED) is 0.162. The van der Waals surface area contributed by atoms with Crippen LogP contribution in [-0.4, -0.2) is 46.6 Å². The summed E-state index contributed by atoms with van der Waals surface area (Å²) in [4.78, 5) is 26.8. The van der Waals surface area contributed by atoms with E-state index in [0.29, 0.717) is 40.2 Å². The zero-order chi connectivity index (χ0) is 48.1. The van der Waals surface area contributed by atoms with Crippen LogP contribution in [0.25, 0.3) is 0 Å². The lowest BCUT2D eigenvalue weighted by molar-refractivity contribution is -0.158. The number of phenols is 2. The average molecular weight is 877 g/mol. The van der Waals surface area contributed by atoms with Gasteiger partial charge < -0.3 is 29.2 Å². The number of esters is 2. The number of hydrogen-bond donors (Lipinski definition) is 2. The van der Waals surface area contributed by atoms with Crippen molar-refractivity contribution in [2.75, 3.05) is 13.2 Å². The maximum absolute atomic E-state index is 13.4. The summed E-state index contributed by atoms with van der Waals surface area (Å²) in [5.74, 6) is 0.348. The van der Waals surface area contributed by atoms with Crippen LogP contribution in [0, 0.1) is 0 Å². The topological polar surface area (TPSA) is 112 Å². The van der Waals surface area contributed by atoms with E-state index in [-0.39, 0.29) is 65.6 Å². The van der Waals surface area contributed by atoms with Gasteiger partial charge in [-0.2, -0.15) is 0 Å². The minimum Gasteiger partial charge on any atom is -0.507 e. The van der Waals surface area contributed by atoms with E-state index in [9.17, 15) is 19.8 Å². The van der Waals surface area contributed by atoms with E-state index in [1.54, 1.807) is 0 Å². The number of carbonyl (C=O) groups excluding carboxylic acids is 2. The molecule has 2 N–H and O–H groups in total. The van der Waals surface area contributed by atoms with Gasteiger partial charge in [0.15, 0.2) is 13.2 Å². The Labute approximate surface area is 384 Å². The number of benzene rings is 4. The first-order chi connectivity index (χ1) is 29.1. The van der Waals surface area contributed by atoms with Crippen LogP contribution in [-0.2, 0) is 66.4 Å². The molecule has 5 rings (SSSR count). The van der Waals surface area contributed by atoms with E-state index in [1.165, 1.54) is 0 Å². The Morgan fingerprint density at radius 1 is 0.391 bits per heavy atom. The first-order valence-electron chi connectivity index (χ1n) is 22.8. The molecule has 0 heterocycles. The molecule has 8 heteroatoms. The van der Waals surface area contributed by atoms with Crippen LogP contribution in [0.3, 0.4) is 0 Å². The SMILES string of the molecule is CC(C)(C)OC(=O)COc1c2cc(C(C)(C)C)cc1Cc1cc(C(C)(C)C)cc(c1OCC(=O)OC(C)(C)C)Cc1cc(C(C)(C)C)cc(c1O)Cc1cc(C(C)(C)C)cc(c1O)C2. The van der Waals surface area contributed by atoms with E-state index < -0.39 is 23.1 Å². The van der Waals surface area contributed by atoms with Crippen molar-refractivity contribution in [2.45, 2.75) is 183 Å². The zero-order valence-corrected chi connectivity index (χ0v) is 42.2. The molecule has 1 aliphatic rings. The second-order valence-corrected chi connectivity index (χ2v) is 24.0. The molecule has 8 nitrogen and oxygen atoms in total. The summed E-state index contributed by atoms with van der Waals surface area (Å²) in [7, 11) is 0. The molecule has 4 aromatic rings. The Morgan fingerprint density at radius 3 is 0.812 bits per heavy atom. The minimum atomic E-state index is -0.715. The molecule has 0 radical (unpaired) electrons. The van der Waals surface area contributed by atoms with Gasteiger partial charge in [0.25, 0.3) is 0 Å². The lowest BCUT2D eigenvalue weighted by atomic mass is 9.79. The average Bonchev–Trinajstić information content (AvgIpc) is 3.10. The molecule has 4 aromatic carbocycles. The Kier molecular flexibility index (Phi) is 13.9. The maximum atomic E-state index is 13.4. The van der Waals surface area contributed by atoms with Gasteiger partial charge in [0.05, 0.1) is 0 Å². The largest absolute Gasteiger partial charge is 0.507 e. The maximum Gasteiger partial charge on any atom is 0.344 e. The van der Waals surface area contributed by atoms with Crippen molar-refractivity contribution in [2.24, 2.45) is 0 Å². The van der Waals surface area contributed by atoms with E-state index in [4.69, 9.17) is 18.9 Å². The fraction of sp³-hybridized carbons (Fsp3) is 0.536. The number of rotatable bonds is 6. The second-order valence-electron chi connectivity index (χ2n) is 24.0. The third-order valence-electron chi connectivity index (χ3n) is 11.5. The lowest BCUT2D eigenvalue weighted by Crippen LogP contribution is -2.28. The summed E-state index contributed by atoms with van der Waals surface area (Å²) in [6.45, 7) is 36.3. The van der Waals surface area contributed by atoms with Crippen molar-refractivity contribution in [3.05, 3.63) is 115 Å². The molecule has 348 valence electrons. The Hall–Kier alpha value is -4.98. The summed E-state index contributed by atoms with van der Waals surface area (Å²) in [5, 5.41) is 24.7. The molecule has 8 bridgehead atoms. The highest BCUT2D eigenvalue weighted by Gasteiger charge is 2.30. The van der Waals surface area contributed by atoms with Crippen molar-refractivity contribution in [3.8, 4) is 23.0 Å². The van der Waals surface area contributed by atoms with Gasteiger partial charge in [-0.05, 0) is 130 Å². The van der Waals surface area contributed by atoms with E-state index in [2.05, 4.69) is 132 Å². The van der Waals surface area contributed by atoms with E-state index in [1.807, 2.05) is 41.5 Å². The number of fused-ring (bicyclic) bond motifs is 8. The highest BCUT2D eigenvalue weighted by molar-refractivity contribution is 5.72.